The first-order valence-corrected chi connectivity index (χ1v) is 6.55. The van der Waals surface area contributed by atoms with Crippen LogP contribution >= 0.6 is 15.9 Å². The summed E-state index contributed by atoms with van der Waals surface area (Å²) in [6.45, 7) is 5.66. The van der Waals surface area contributed by atoms with E-state index in [1.54, 1.807) is 22.9 Å². The van der Waals surface area contributed by atoms with Gasteiger partial charge < -0.3 is 14.0 Å². The third-order valence-electron chi connectivity index (χ3n) is 2.26. The number of rotatable bonds is 7. The largest absolute Gasteiger partial charge is 0.353 e. The highest BCUT2D eigenvalue weighted by Crippen LogP contribution is 2.07. The molecule has 0 atom stereocenters. The Morgan fingerprint density at radius 2 is 1.94 bits per heavy atom. The maximum absolute atomic E-state index is 11.6. The lowest BCUT2D eigenvalue weighted by molar-refractivity contribution is -0.141. The van der Waals surface area contributed by atoms with Crippen LogP contribution in [0.4, 0.5) is 0 Å². The first-order chi connectivity index (χ1) is 8.17. The van der Waals surface area contributed by atoms with Crippen molar-refractivity contribution < 1.29 is 9.47 Å². The van der Waals surface area contributed by atoms with Gasteiger partial charge in [-0.25, -0.2) is 0 Å². The maximum atomic E-state index is 11.6. The predicted molar refractivity (Wildman–Crippen MR) is 70.1 cm³/mol. The third-order valence-corrected chi connectivity index (χ3v) is 2.73. The van der Waals surface area contributed by atoms with Gasteiger partial charge in [-0.1, -0.05) is 0 Å². The SMILES string of the molecule is CCOC(CCn1cc(Br)ccc1=O)OCC. The molecule has 5 heteroatoms. The van der Waals surface area contributed by atoms with Gasteiger partial charge in [-0.3, -0.25) is 4.79 Å². The van der Waals surface area contributed by atoms with E-state index in [2.05, 4.69) is 15.9 Å². The van der Waals surface area contributed by atoms with Crippen LogP contribution in [0.5, 0.6) is 0 Å². The van der Waals surface area contributed by atoms with Crippen molar-refractivity contribution in [1.29, 1.82) is 0 Å². The van der Waals surface area contributed by atoms with Crippen LogP contribution in [-0.4, -0.2) is 24.1 Å². The second kappa shape index (κ2) is 7.63. The summed E-state index contributed by atoms with van der Waals surface area (Å²) in [6.07, 6.45) is 2.20. The highest BCUT2D eigenvalue weighted by atomic mass is 79.9. The average molecular weight is 304 g/mol. The number of hydrogen-bond acceptors (Lipinski definition) is 3. The minimum absolute atomic E-state index is 0.0139. The number of pyridine rings is 1. The van der Waals surface area contributed by atoms with E-state index < -0.39 is 0 Å². The molecule has 0 radical (unpaired) electrons. The van der Waals surface area contributed by atoms with E-state index in [1.165, 1.54) is 0 Å². The molecule has 0 unspecified atom stereocenters. The lowest BCUT2D eigenvalue weighted by Crippen LogP contribution is -2.24. The number of aryl methyl sites for hydroxylation is 1. The normalized spacial score (nSPS) is 11.1. The topological polar surface area (TPSA) is 40.5 Å². The van der Waals surface area contributed by atoms with Crippen LogP contribution in [0.15, 0.2) is 27.6 Å². The molecule has 96 valence electrons. The van der Waals surface area contributed by atoms with Gasteiger partial charge in [0.2, 0.25) is 0 Å². The standard InChI is InChI=1S/C12H18BrNO3/c1-3-16-12(17-4-2)7-8-14-9-10(13)5-6-11(14)15/h5-6,9,12H,3-4,7-8H2,1-2H3. The van der Waals surface area contributed by atoms with Crippen molar-refractivity contribution in [2.75, 3.05) is 13.2 Å². The molecule has 0 aliphatic heterocycles. The fraction of sp³-hybridized carbons (Fsp3) is 0.583. The fourth-order valence-corrected chi connectivity index (χ4v) is 1.89. The monoisotopic (exact) mass is 303 g/mol. The molecule has 0 aliphatic carbocycles. The molecule has 0 bridgehead atoms. The molecule has 0 saturated carbocycles. The predicted octanol–water partition coefficient (Wildman–Crippen LogP) is 2.40. The second-order valence-electron chi connectivity index (χ2n) is 3.51. The van der Waals surface area contributed by atoms with Gasteiger partial charge in [0.05, 0.1) is 0 Å². The summed E-state index contributed by atoms with van der Waals surface area (Å²) < 4.78 is 13.4. The summed E-state index contributed by atoms with van der Waals surface area (Å²) in [5, 5.41) is 0. The van der Waals surface area contributed by atoms with Crippen molar-refractivity contribution in [2.45, 2.75) is 33.1 Å². The maximum Gasteiger partial charge on any atom is 0.250 e. The number of ether oxygens (including phenoxy) is 2. The van der Waals surface area contributed by atoms with E-state index in [-0.39, 0.29) is 11.8 Å². The highest BCUT2D eigenvalue weighted by molar-refractivity contribution is 9.10. The van der Waals surface area contributed by atoms with Gasteiger partial charge in [0, 0.05) is 42.9 Å². The van der Waals surface area contributed by atoms with E-state index >= 15 is 0 Å². The van der Waals surface area contributed by atoms with E-state index in [0.29, 0.717) is 26.2 Å². The van der Waals surface area contributed by atoms with E-state index in [9.17, 15) is 4.79 Å². The molecule has 1 heterocycles. The molecule has 0 aromatic carbocycles. The summed E-state index contributed by atoms with van der Waals surface area (Å²) in [5.74, 6) is 0. The van der Waals surface area contributed by atoms with E-state index in [1.807, 2.05) is 13.8 Å². The van der Waals surface area contributed by atoms with Crippen molar-refractivity contribution >= 4 is 15.9 Å². The summed E-state index contributed by atoms with van der Waals surface area (Å²) in [5.41, 5.74) is -0.0139. The van der Waals surface area contributed by atoms with Gasteiger partial charge >= 0.3 is 0 Å². The zero-order valence-corrected chi connectivity index (χ0v) is 11.8. The molecule has 0 fully saturated rings. The van der Waals surface area contributed by atoms with Gasteiger partial charge in [-0.05, 0) is 35.8 Å². The molecule has 0 spiro atoms. The Balaban J connectivity index is 2.58. The van der Waals surface area contributed by atoms with Gasteiger partial charge in [-0.2, -0.15) is 0 Å². The number of aromatic nitrogens is 1. The smallest absolute Gasteiger partial charge is 0.250 e. The molecular weight excluding hydrogens is 286 g/mol. The van der Waals surface area contributed by atoms with Crippen LogP contribution in [0.25, 0.3) is 0 Å². The molecule has 0 amide bonds. The van der Waals surface area contributed by atoms with Gasteiger partial charge in [0.25, 0.3) is 5.56 Å². The first kappa shape index (κ1) is 14.4. The van der Waals surface area contributed by atoms with E-state index in [0.717, 1.165) is 4.47 Å². The molecule has 1 rings (SSSR count). The lowest BCUT2D eigenvalue weighted by atomic mass is 10.4. The van der Waals surface area contributed by atoms with Crippen LogP contribution in [0.2, 0.25) is 0 Å². The van der Waals surface area contributed by atoms with Crippen LogP contribution in [0, 0.1) is 0 Å². The Morgan fingerprint density at radius 1 is 1.29 bits per heavy atom. The zero-order valence-electron chi connectivity index (χ0n) is 10.2. The van der Waals surface area contributed by atoms with Crippen molar-refractivity contribution in [2.24, 2.45) is 0 Å². The summed E-state index contributed by atoms with van der Waals surface area (Å²) >= 11 is 3.34. The van der Waals surface area contributed by atoms with Gasteiger partial charge in [-0.15, -0.1) is 0 Å². The molecular formula is C12H18BrNO3. The Morgan fingerprint density at radius 3 is 2.53 bits per heavy atom. The van der Waals surface area contributed by atoms with Crippen molar-refractivity contribution in [3.05, 3.63) is 33.2 Å². The van der Waals surface area contributed by atoms with Crippen molar-refractivity contribution in [1.82, 2.24) is 4.57 Å². The Kier molecular flexibility index (Phi) is 6.47. The van der Waals surface area contributed by atoms with Gasteiger partial charge in [0.1, 0.15) is 0 Å². The minimum atomic E-state index is -0.240. The average Bonchev–Trinajstić information content (AvgIpc) is 2.30. The first-order valence-electron chi connectivity index (χ1n) is 5.76. The Hall–Kier alpha value is -0.650. The highest BCUT2D eigenvalue weighted by Gasteiger charge is 2.08. The summed E-state index contributed by atoms with van der Waals surface area (Å²) in [6, 6.07) is 3.28. The number of halogens is 1. The van der Waals surface area contributed by atoms with Crippen LogP contribution < -0.4 is 5.56 Å². The van der Waals surface area contributed by atoms with Gasteiger partial charge in [0.15, 0.2) is 6.29 Å². The summed E-state index contributed by atoms with van der Waals surface area (Å²) in [7, 11) is 0. The second-order valence-corrected chi connectivity index (χ2v) is 4.42. The van der Waals surface area contributed by atoms with Crippen molar-refractivity contribution in [3.63, 3.8) is 0 Å². The number of nitrogens with zero attached hydrogens (tertiary/aromatic N) is 1. The fourth-order valence-electron chi connectivity index (χ4n) is 1.51. The molecule has 0 saturated heterocycles. The molecule has 1 aromatic heterocycles. The van der Waals surface area contributed by atoms with Crippen molar-refractivity contribution in [3.8, 4) is 0 Å². The summed E-state index contributed by atoms with van der Waals surface area (Å²) in [4.78, 5) is 11.6. The van der Waals surface area contributed by atoms with Crippen LogP contribution in [0.1, 0.15) is 20.3 Å². The molecule has 17 heavy (non-hydrogen) atoms. The Bertz CT molecular complexity index is 386. The van der Waals surface area contributed by atoms with Crippen LogP contribution in [-0.2, 0) is 16.0 Å². The zero-order chi connectivity index (χ0) is 12.7. The molecule has 1 aromatic rings. The van der Waals surface area contributed by atoms with E-state index in [4.69, 9.17) is 9.47 Å². The lowest BCUT2D eigenvalue weighted by Gasteiger charge is -2.17. The third kappa shape index (κ3) is 5.02. The van der Waals surface area contributed by atoms with Crippen LogP contribution in [0.3, 0.4) is 0 Å². The molecule has 0 aliphatic rings. The molecule has 0 N–H and O–H groups in total. The molecule has 4 nitrogen and oxygen atoms in total. The minimum Gasteiger partial charge on any atom is -0.353 e. The quantitative estimate of drug-likeness (QED) is 0.726. The Labute approximate surface area is 110 Å². The number of hydrogen-bond donors (Lipinski definition) is 0.